The molecule has 5 aromatic rings. The van der Waals surface area contributed by atoms with Gasteiger partial charge in [-0.25, -0.2) is 0 Å². The van der Waals surface area contributed by atoms with Gasteiger partial charge in [0.05, 0.1) is 16.2 Å². The molecule has 296 valence electrons. The maximum Gasteiger partial charge on any atom is 0.471 e. The van der Waals surface area contributed by atoms with Gasteiger partial charge in [0.25, 0.3) is 0 Å². The van der Waals surface area contributed by atoms with Gasteiger partial charge in [0.2, 0.25) is 23.0 Å². The lowest BCUT2D eigenvalue weighted by Gasteiger charge is -2.31. The third-order valence-corrected chi connectivity index (χ3v) is 10.8. The van der Waals surface area contributed by atoms with Gasteiger partial charge >= 0.3 is 12.1 Å². The number of allylic oxidation sites excluding steroid dienone is 5. The number of nitrogens with zero attached hydrogens (tertiary/aromatic N) is 2. The summed E-state index contributed by atoms with van der Waals surface area (Å²) in [6, 6.07) is 37.3. The highest BCUT2D eigenvalue weighted by Gasteiger charge is 2.41. The second-order valence-corrected chi connectivity index (χ2v) is 15.4. The summed E-state index contributed by atoms with van der Waals surface area (Å²) in [4.78, 5) is 28.0. The Bertz CT molecular complexity index is 2580. The minimum absolute atomic E-state index is 0.0960. The fourth-order valence-electron chi connectivity index (χ4n) is 6.94. The Morgan fingerprint density at radius 1 is 0.661 bits per heavy atom. The Morgan fingerprint density at radius 3 is 1.59 bits per heavy atom. The number of benzene rings is 5. The van der Waals surface area contributed by atoms with Crippen molar-refractivity contribution in [1.29, 1.82) is 0 Å². The van der Waals surface area contributed by atoms with E-state index in [1.807, 2.05) is 148 Å². The summed E-state index contributed by atoms with van der Waals surface area (Å²) < 4.78 is 43.4. The monoisotopic (exact) mass is 825 g/mol. The first kappa shape index (κ1) is 40.9. The van der Waals surface area contributed by atoms with Gasteiger partial charge in [0, 0.05) is 87.6 Å². The van der Waals surface area contributed by atoms with Crippen molar-refractivity contribution in [2.45, 2.75) is 40.8 Å². The molecule has 6 nitrogen and oxygen atoms in total. The number of hydrogen-bond donors (Lipinski definition) is 3. The van der Waals surface area contributed by atoms with E-state index in [-0.39, 0.29) is 17.2 Å². The normalized spacial score (nSPS) is 15.1. The molecule has 0 bridgehead atoms. The lowest BCUT2D eigenvalue weighted by molar-refractivity contribution is -0.172. The van der Waals surface area contributed by atoms with E-state index in [9.17, 15) is 22.8 Å². The van der Waals surface area contributed by atoms with E-state index in [2.05, 4.69) is 15.5 Å². The average Bonchev–Trinajstić information content (AvgIpc) is 3.19. The van der Waals surface area contributed by atoms with Crippen molar-refractivity contribution >= 4 is 86.9 Å². The molecule has 7 rings (SSSR count). The summed E-state index contributed by atoms with van der Waals surface area (Å²) in [5, 5.41) is 5.07. The summed E-state index contributed by atoms with van der Waals surface area (Å²) in [5.74, 6) is -2.44. The van der Waals surface area contributed by atoms with Crippen LogP contribution in [0.25, 0.3) is 5.57 Å². The third kappa shape index (κ3) is 8.62. The standard InChI is InChI=1S/C48H39F3N4O2S2/c1-28-6-14-33(15-7-28)54(34-16-8-29(2)9-17-34)37-22-24-39(41(26-37)52-32(5)56)43-45(58)44(46(43)59)40-25-23-38(27-42(40)53-47(57)48(49,50)51)55(35-18-10-30(3)11-19-35)36-20-12-31(4)13-21-36/h6-27H,1-5H3,(H2,52,53,56,57,58,59)/p+1. The van der Waals surface area contributed by atoms with Crippen LogP contribution in [0.15, 0.2) is 155 Å². The zero-order valence-corrected chi connectivity index (χ0v) is 34.6. The molecule has 2 aliphatic carbocycles. The summed E-state index contributed by atoms with van der Waals surface area (Å²) >= 11 is 10.9. The lowest BCUT2D eigenvalue weighted by Crippen LogP contribution is -2.38. The van der Waals surface area contributed by atoms with Crippen LogP contribution >= 0.6 is 24.8 Å². The van der Waals surface area contributed by atoms with Crippen LogP contribution in [0.2, 0.25) is 0 Å². The van der Waals surface area contributed by atoms with Crippen molar-refractivity contribution in [3.05, 3.63) is 183 Å². The molecule has 0 saturated heterocycles. The summed E-state index contributed by atoms with van der Waals surface area (Å²) in [5.41, 5.74) is 11.0. The van der Waals surface area contributed by atoms with Crippen LogP contribution in [0.4, 0.5) is 47.3 Å². The molecular formula is C48H40F3N4O2S2+. The number of alkyl halides is 3. The van der Waals surface area contributed by atoms with Crippen LogP contribution in [-0.2, 0) is 9.59 Å². The predicted molar refractivity (Wildman–Crippen MR) is 241 cm³/mol. The van der Waals surface area contributed by atoms with E-state index in [4.69, 9.17) is 24.8 Å². The van der Waals surface area contributed by atoms with E-state index >= 15 is 0 Å². The highest BCUT2D eigenvalue weighted by molar-refractivity contribution is 7.87. The van der Waals surface area contributed by atoms with Crippen LogP contribution in [-0.4, -0.2) is 28.6 Å². The molecule has 0 heterocycles. The first-order chi connectivity index (χ1) is 28.1. The smallest absolute Gasteiger partial charge is 0.326 e. The highest BCUT2D eigenvalue weighted by Crippen LogP contribution is 2.48. The minimum atomic E-state index is -5.16. The SMILES string of the molecule is CC(=O)Nc1cc(N(c2ccc(C)cc2)c2ccc(C)cc2)ccc1C1=C(S)C(=C2C=CC(=[N+](c3ccc(C)cc3)c3ccc(C)cc3)C=C2NC(=O)C(F)(F)F)C1=S. The molecule has 0 unspecified atom stereocenters. The van der Waals surface area contributed by atoms with Gasteiger partial charge in [-0.2, -0.15) is 17.7 Å². The van der Waals surface area contributed by atoms with Crippen molar-refractivity contribution in [3.8, 4) is 0 Å². The van der Waals surface area contributed by atoms with E-state index < -0.39 is 12.1 Å². The van der Waals surface area contributed by atoms with E-state index in [1.165, 1.54) is 13.0 Å². The van der Waals surface area contributed by atoms with Crippen LogP contribution < -0.4 is 20.1 Å². The Hall–Kier alpha value is -6.30. The van der Waals surface area contributed by atoms with Crippen LogP contribution in [0, 0.1) is 27.7 Å². The number of aryl methyl sites for hydroxylation is 4. The van der Waals surface area contributed by atoms with Crippen molar-refractivity contribution in [3.63, 3.8) is 0 Å². The molecule has 0 aliphatic heterocycles. The van der Waals surface area contributed by atoms with Gasteiger partial charge in [0.1, 0.15) is 0 Å². The molecule has 2 N–H and O–H groups in total. The molecule has 0 fully saturated rings. The number of nitrogens with one attached hydrogen (secondary N) is 2. The highest BCUT2D eigenvalue weighted by atomic mass is 32.1. The van der Waals surface area contributed by atoms with Gasteiger partial charge < -0.3 is 15.5 Å². The van der Waals surface area contributed by atoms with Crippen molar-refractivity contribution < 1.29 is 22.8 Å². The topological polar surface area (TPSA) is 64.5 Å². The average molecular weight is 826 g/mol. The quantitative estimate of drug-likeness (QED) is 0.0631. The van der Waals surface area contributed by atoms with Gasteiger partial charge in [-0.1, -0.05) is 89.1 Å². The fourth-order valence-corrected chi connectivity index (χ4v) is 7.98. The number of amides is 2. The van der Waals surface area contributed by atoms with Gasteiger partial charge in [0.15, 0.2) is 0 Å². The molecule has 0 atom stereocenters. The number of anilines is 4. The van der Waals surface area contributed by atoms with Gasteiger partial charge in [-0.15, -0.1) is 12.6 Å². The zero-order chi connectivity index (χ0) is 42.2. The molecule has 2 amide bonds. The molecule has 0 aromatic heterocycles. The first-order valence-corrected chi connectivity index (χ1v) is 19.6. The number of hydrogen-bond acceptors (Lipinski definition) is 5. The molecular weight excluding hydrogens is 786 g/mol. The number of carbonyl (C=O) groups is 2. The van der Waals surface area contributed by atoms with Crippen LogP contribution in [0.3, 0.4) is 0 Å². The molecule has 59 heavy (non-hydrogen) atoms. The Morgan fingerprint density at radius 2 is 1.14 bits per heavy atom. The van der Waals surface area contributed by atoms with Gasteiger partial charge in [-0.05, 0) is 70.2 Å². The maximum atomic E-state index is 13.8. The largest absolute Gasteiger partial charge is 0.471 e. The number of rotatable bonds is 8. The predicted octanol–water partition coefficient (Wildman–Crippen LogP) is 11.8. The zero-order valence-electron chi connectivity index (χ0n) is 32.9. The van der Waals surface area contributed by atoms with Crippen molar-refractivity contribution in [2.24, 2.45) is 0 Å². The molecule has 11 heteroatoms. The van der Waals surface area contributed by atoms with E-state index in [0.29, 0.717) is 37.9 Å². The van der Waals surface area contributed by atoms with Crippen LogP contribution in [0.1, 0.15) is 34.7 Å². The fraction of sp³-hybridized carbons (Fsp3) is 0.125. The second-order valence-electron chi connectivity index (χ2n) is 14.5. The third-order valence-electron chi connectivity index (χ3n) is 9.97. The molecule has 2 aliphatic rings. The van der Waals surface area contributed by atoms with E-state index in [1.54, 1.807) is 12.2 Å². The minimum Gasteiger partial charge on any atom is -0.326 e. The molecule has 0 radical (unpaired) electrons. The van der Waals surface area contributed by atoms with Crippen LogP contribution in [0.5, 0.6) is 0 Å². The van der Waals surface area contributed by atoms with Gasteiger partial charge in [-0.3, -0.25) is 9.59 Å². The first-order valence-electron chi connectivity index (χ1n) is 18.8. The number of halogens is 3. The Balaban J connectivity index is 1.37. The number of thiocarbonyl (C=S) groups is 1. The summed E-state index contributed by atoms with van der Waals surface area (Å²) in [7, 11) is 0. The Kier molecular flexibility index (Phi) is 11.4. The Labute approximate surface area is 352 Å². The van der Waals surface area contributed by atoms with E-state index in [0.717, 1.165) is 50.7 Å². The molecule has 0 spiro atoms. The molecule has 0 saturated carbocycles. The number of thiol groups is 1. The summed E-state index contributed by atoms with van der Waals surface area (Å²) in [6.45, 7) is 9.38. The lowest BCUT2D eigenvalue weighted by atomic mass is 9.81. The van der Waals surface area contributed by atoms with Crippen molar-refractivity contribution in [2.75, 3.05) is 10.2 Å². The summed E-state index contributed by atoms with van der Waals surface area (Å²) in [6.07, 6.45) is -0.231. The second kappa shape index (κ2) is 16.5. The molecule has 5 aromatic carbocycles. The van der Waals surface area contributed by atoms with Crippen molar-refractivity contribution in [1.82, 2.24) is 9.89 Å². The maximum absolute atomic E-state index is 13.8. The number of carbonyl (C=O) groups excluding carboxylic acids is 2.